The third-order valence-electron chi connectivity index (χ3n) is 5.61. The van der Waals surface area contributed by atoms with Crippen LogP contribution in [0.5, 0.6) is 11.5 Å². The number of benzene rings is 3. The van der Waals surface area contributed by atoms with Gasteiger partial charge in [0.2, 0.25) is 0 Å². The lowest BCUT2D eigenvalue weighted by Gasteiger charge is -2.25. The third kappa shape index (κ3) is 3.96. The molecule has 166 valence electrons. The molecule has 7 heteroatoms. The van der Waals surface area contributed by atoms with Crippen LogP contribution in [0.15, 0.2) is 76.7 Å². The molecule has 0 bridgehead atoms. The van der Waals surface area contributed by atoms with Crippen molar-refractivity contribution in [1.82, 2.24) is 4.41 Å². The average Bonchev–Trinajstić information content (AvgIpc) is 3.25. The predicted octanol–water partition coefficient (Wildman–Crippen LogP) is 4.86. The largest absolute Gasteiger partial charge is 0.493 e. The number of sulfonamides is 1. The van der Waals surface area contributed by atoms with Crippen molar-refractivity contribution in [3.63, 3.8) is 0 Å². The van der Waals surface area contributed by atoms with Gasteiger partial charge in [0.1, 0.15) is 0 Å². The number of aryl methyl sites for hydroxylation is 2. The molecule has 3 aromatic rings. The van der Waals surface area contributed by atoms with Crippen LogP contribution in [0.4, 0.5) is 0 Å². The number of rotatable bonds is 6. The van der Waals surface area contributed by atoms with Crippen molar-refractivity contribution in [3.05, 3.63) is 89.0 Å². The Morgan fingerprint density at radius 2 is 1.50 bits per heavy atom. The summed E-state index contributed by atoms with van der Waals surface area (Å²) in [4.78, 5) is 0.198. The van der Waals surface area contributed by atoms with Crippen LogP contribution in [0.1, 0.15) is 34.7 Å². The minimum atomic E-state index is -3.90. The Kier molecular flexibility index (Phi) is 5.93. The van der Waals surface area contributed by atoms with Crippen molar-refractivity contribution in [1.29, 1.82) is 0 Å². The van der Waals surface area contributed by atoms with Crippen molar-refractivity contribution in [3.8, 4) is 11.5 Å². The molecule has 1 unspecified atom stereocenters. The van der Waals surface area contributed by atoms with Crippen LogP contribution < -0.4 is 9.47 Å². The van der Waals surface area contributed by atoms with Gasteiger partial charge in [-0.1, -0.05) is 59.7 Å². The highest BCUT2D eigenvalue weighted by molar-refractivity contribution is 7.89. The molecule has 0 amide bonds. The van der Waals surface area contributed by atoms with Gasteiger partial charge in [-0.15, -0.1) is 0 Å². The fourth-order valence-corrected chi connectivity index (χ4v) is 5.28. The van der Waals surface area contributed by atoms with Gasteiger partial charge in [0.05, 0.1) is 30.9 Å². The number of hydrogen-bond acceptors (Lipinski definition) is 5. The van der Waals surface area contributed by atoms with Gasteiger partial charge in [-0.2, -0.15) is 17.9 Å². The van der Waals surface area contributed by atoms with Gasteiger partial charge in [-0.25, -0.2) is 0 Å². The van der Waals surface area contributed by atoms with E-state index in [1.165, 1.54) is 4.41 Å². The number of ether oxygens (including phenoxy) is 2. The maximum atomic E-state index is 13.7. The standard InChI is InChI=1S/C25H26N2O4S/c1-17-8-12-19(13-9-17)22-16-23(21-6-5-7-24(30-3)25(21)31-4)27(26-22)32(28,29)20-14-10-18(2)11-15-20/h5-15,23H,16H2,1-4H3. The van der Waals surface area contributed by atoms with Crippen molar-refractivity contribution in [2.75, 3.05) is 14.2 Å². The first-order valence-electron chi connectivity index (χ1n) is 10.3. The second-order valence-corrected chi connectivity index (χ2v) is 9.60. The topological polar surface area (TPSA) is 68.2 Å². The number of hydrogen-bond donors (Lipinski definition) is 0. The summed E-state index contributed by atoms with van der Waals surface area (Å²) >= 11 is 0. The summed E-state index contributed by atoms with van der Waals surface area (Å²) in [7, 11) is -0.784. The van der Waals surface area contributed by atoms with E-state index in [-0.39, 0.29) is 4.90 Å². The summed E-state index contributed by atoms with van der Waals surface area (Å²) in [5.74, 6) is 1.05. The lowest BCUT2D eigenvalue weighted by molar-refractivity contribution is 0.328. The summed E-state index contributed by atoms with van der Waals surface area (Å²) in [5, 5.41) is 4.61. The number of hydrazone groups is 1. The van der Waals surface area contributed by atoms with E-state index in [1.54, 1.807) is 44.6 Å². The molecule has 0 aliphatic carbocycles. The van der Waals surface area contributed by atoms with E-state index in [4.69, 9.17) is 9.47 Å². The minimum absolute atomic E-state index is 0.198. The van der Waals surface area contributed by atoms with Crippen LogP contribution >= 0.6 is 0 Å². The number of methoxy groups -OCH3 is 2. The normalized spacial score (nSPS) is 16.1. The van der Waals surface area contributed by atoms with E-state index in [2.05, 4.69) is 5.10 Å². The highest BCUT2D eigenvalue weighted by Gasteiger charge is 2.39. The molecule has 4 rings (SSSR count). The molecular formula is C25H26N2O4S. The second-order valence-electron chi connectivity index (χ2n) is 7.81. The van der Waals surface area contributed by atoms with Gasteiger partial charge in [-0.05, 0) is 37.6 Å². The van der Waals surface area contributed by atoms with E-state index in [1.807, 2.05) is 50.2 Å². The van der Waals surface area contributed by atoms with E-state index in [9.17, 15) is 8.42 Å². The molecule has 0 fully saturated rings. The molecule has 6 nitrogen and oxygen atoms in total. The molecule has 1 heterocycles. The maximum absolute atomic E-state index is 13.7. The molecule has 0 aromatic heterocycles. The first-order chi connectivity index (χ1) is 15.3. The van der Waals surface area contributed by atoms with Crippen LogP contribution in [0, 0.1) is 13.8 Å². The maximum Gasteiger partial charge on any atom is 0.279 e. The van der Waals surface area contributed by atoms with Gasteiger partial charge in [0.15, 0.2) is 11.5 Å². The summed E-state index contributed by atoms with van der Waals surface area (Å²) < 4.78 is 39.6. The monoisotopic (exact) mass is 450 g/mol. The lowest BCUT2D eigenvalue weighted by atomic mass is 9.97. The van der Waals surface area contributed by atoms with Gasteiger partial charge in [-0.3, -0.25) is 0 Å². The fourth-order valence-electron chi connectivity index (χ4n) is 3.86. The van der Waals surface area contributed by atoms with E-state index >= 15 is 0 Å². The van der Waals surface area contributed by atoms with Gasteiger partial charge in [0.25, 0.3) is 10.0 Å². The number of para-hydroxylation sites is 1. The number of nitrogens with zero attached hydrogens (tertiary/aromatic N) is 2. The quantitative estimate of drug-likeness (QED) is 0.538. The average molecular weight is 451 g/mol. The summed E-state index contributed by atoms with van der Waals surface area (Å²) in [6.45, 7) is 3.93. The zero-order valence-corrected chi connectivity index (χ0v) is 19.4. The van der Waals surface area contributed by atoms with Crippen molar-refractivity contribution >= 4 is 15.7 Å². The molecule has 0 N–H and O–H groups in total. The minimum Gasteiger partial charge on any atom is -0.493 e. The molecule has 1 atom stereocenters. The highest BCUT2D eigenvalue weighted by Crippen LogP contribution is 2.43. The Morgan fingerprint density at radius 1 is 0.875 bits per heavy atom. The second kappa shape index (κ2) is 8.67. The Hall–Kier alpha value is -3.32. The first kappa shape index (κ1) is 21.9. The Labute approximate surface area is 189 Å². The molecule has 0 saturated heterocycles. The van der Waals surface area contributed by atoms with Crippen molar-refractivity contribution < 1.29 is 17.9 Å². The molecule has 1 aliphatic rings. The molecule has 1 aliphatic heterocycles. The zero-order chi connectivity index (χ0) is 22.9. The molecule has 0 radical (unpaired) electrons. The van der Waals surface area contributed by atoms with Crippen LogP contribution in [0.25, 0.3) is 0 Å². The molecule has 0 saturated carbocycles. The fraction of sp³-hybridized carbons (Fsp3) is 0.240. The van der Waals surface area contributed by atoms with E-state index in [0.29, 0.717) is 29.2 Å². The molecule has 0 spiro atoms. The molecule has 32 heavy (non-hydrogen) atoms. The van der Waals surface area contributed by atoms with Gasteiger partial charge < -0.3 is 9.47 Å². The third-order valence-corrected chi connectivity index (χ3v) is 7.31. The molecule has 3 aromatic carbocycles. The smallest absolute Gasteiger partial charge is 0.279 e. The zero-order valence-electron chi connectivity index (χ0n) is 18.6. The van der Waals surface area contributed by atoms with Gasteiger partial charge in [0, 0.05) is 12.0 Å². The van der Waals surface area contributed by atoms with Crippen LogP contribution in [0.3, 0.4) is 0 Å². The Balaban J connectivity index is 1.85. The van der Waals surface area contributed by atoms with Crippen LogP contribution in [-0.4, -0.2) is 32.8 Å². The van der Waals surface area contributed by atoms with Crippen LogP contribution in [0.2, 0.25) is 0 Å². The van der Waals surface area contributed by atoms with Crippen LogP contribution in [-0.2, 0) is 10.0 Å². The predicted molar refractivity (Wildman–Crippen MR) is 125 cm³/mol. The van der Waals surface area contributed by atoms with Gasteiger partial charge >= 0.3 is 0 Å². The van der Waals surface area contributed by atoms with E-state index in [0.717, 1.165) is 16.7 Å². The van der Waals surface area contributed by atoms with Crippen molar-refractivity contribution in [2.24, 2.45) is 5.10 Å². The highest BCUT2D eigenvalue weighted by atomic mass is 32.2. The molecular weight excluding hydrogens is 424 g/mol. The summed E-state index contributed by atoms with van der Waals surface area (Å²) in [5.41, 5.74) is 4.41. The van der Waals surface area contributed by atoms with Crippen molar-refractivity contribution in [2.45, 2.75) is 31.2 Å². The SMILES string of the molecule is COc1cccc(C2CC(c3ccc(C)cc3)=NN2S(=O)(=O)c2ccc(C)cc2)c1OC. The first-order valence-corrected chi connectivity index (χ1v) is 11.8. The summed E-state index contributed by atoms with van der Waals surface area (Å²) in [6, 6.07) is 19.6. The van der Waals surface area contributed by atoms with E-state index < -0.39 is 16.1 Å². The lowest BCUT2D eigenvalue weighted by Crippen LogP contribution is -2.27. The Morgan fingerprint density at radius 3 is 2.09 bits per heavy atom. The summed E-state index contributed by atoms with van der Waals surface area (Å²) in [6.07, 6.45) is 0.414. The Bertz CT molecular complexity index is 1250.